The number of phenolic OH excluding ortho intramolecular Hbond substituents is 2. The molecule has 6 heteroatoms. The van der Waals surface area contributed by atoms with Crippen LogP contribution in [0.4, 0.5) is 4.39 Å². The monoisotopic (exact) mass is 320 g/mol. The Morgan fingerprint density at radius 3 is 1.86 bits per heavy atom. The predicted molar refractivity (Wildman–Crippen MR) is 79.0 cm³/mol. The molecule has 2 N–H and O–H groups in total. The van der Waals surface area contributed by atoms with Crippen molar-refractivity contribution in [3.63, 3.8) is 0 Å². The second-order valence-corrected chi connectivity index (χ2v) is 4.76. The maximum absolute atomic E-state index is 12.0. The molecule has 22 heavy (non-hydrogen) atoms. The van der Waals surface area contributed by atoms with Crippen LogP contribution in [0.1, 0.15) is 20.7 Å². The Morgan fingerprint density at radius 2 is 1.36 bits per heavy atom. The SMILES string of the molecule is O=C1C=CC(=O)c2c(Cl)ccc(O)c21.Oc1ccc(F)cc1. The van der Waals surface area contributed by atoms with Crippen LogP contribution in [0.3, 0.4) is 0 Å². The summed E-state index contributed by atoms with van der Waals surface area (Å²) in [6, 6.07) is 7.70. The third-order valence-corrected chi connectivity index (χ3v) is 3.15. The summed E-state index contributed by atoms with van der Waals surface area (Å²) in [6.07, 6.45) is 2.27. The highest BCUT2D eigenvalue weighted by Crippen LogP contribution is 2.31. The zero-order valence-corrected chi connectivity index (χ0v) is 11.8. The summed E-state index contributed by atoms with van der Waals surface area (Å²) < 4.78 is 12.0. The van der Waals surface area contributed by atoms with E-state index >= 15 is 0 Å². The molecule has 0 heterocycles. The van der Waals surface area contributed by atoms with Gasteiger partial charge in [-0.2, -0.15) is 0 Å². The van der Waals surface area contributed by atoms with E-state index in [1.807, 2.05) is 0 Å². The van der Waals surface area contributed by atoms with Gasteiger partial charge >= 0.3 is 0 Å². The summed E-state index contributed by atoms with van der Waals surface area (Å²) in [5.41, 5.74) is 0.0733. The fraction of sp³-hybridized carbons (Fsp3) is 0. The predicted octanol–water partition coefficient (Wildman–Crippen LogP) is 3.51. The molecule has 0 unspecified atom stereocenters. The van der Waals surface area contributed by atoms with E-state index in [2.05, 4.69) is 0 Å². The van der Waals surface area contributed by atoms with E-state index in [9.17, 15) is 19.1 Å². The molecule has 0 aliphatic heterocycles. The van der Waals surface area contributed by atoms with Crippen LogP contribution < -0.4 is 0 Å². The van der Waals surface area contributed by atoms with Crippen molar-refractivity contribution in [2.45, 2.75) is 0 Å². The number of fused-ring (bicyclic) bond motifs is 1. The molecule has 2 aromatic rings. The van der Waals surface area contributed by atoms with Crippen molar-refractivity contribution in [2.75, 3.05) is 0 Å². The highest BCUT2D eigenvalue weighted by atomic mass is 35.5. The van der Waals surface area contributed by atoms with Crippen molar-refractivity contribution in [2.24, 2.45) is 0 Å². The molecule has 0 bridgehead atoms. The average Bonchev–Trinajstić information content (AvgIpc) is 2.49. The standard InChI is InChI=1S/C10H5ClO3.C6H5FO/c11-5-1-2-7(13)10-8(14)4-3-6(12)9(5)10;7-5-1-3-6(8)4-2-5/h1-4,13H;1-4,8H. The summed E-state index contributed by atoms with van der Waals surface area (Å²) >= 11 is 5.76. The first-order valence-electron chi connectivity index (χ1n) is 6.13. The Balaban J connectivity index is 0.000000188. The number of hydrogen-bond acceptors (Lipinski definition) is 4. The summed E-state index contributed by atoms with van der Waals surface area (Å²) in [4.78, 5) is 22.7. The van der Waals surface area contributed by atoms with Gasteiger partial charge < -0.3 is 10.2 Å². The zero-order chi connectivity index (χ0) is 16.3. The van der Waals surface area contributed by atoms with Gasteiger partial charge in [0.15, 0.2) is 11.6 Å². The molecule has 2 aromatic carbocycles. The lowest BCUT2D eigenvalue weighted by Gasteiger charge is -2.11. The second-order valence-electron chi connectivity index (χ2n) is 4.35. The van der Waals surface area contributed by atoms with E-state index in [1.165, 1.54) is 36.4 Å². The van der Waals surface area contributed by atoms with Crippen LogP contribution in [0.5, 0.6) is 11.5 Å². The van der Waals surface area contributed by atoms with Crippen LogP contribution in [0, 0.1) is 5.82 Å². The van der Waals surface area contributed by atoms with E-state index in [-0.39, 0.29) is 39.2 Å². The molecular weight excluding hydrogens is 311 g/mol. The topological polar surface area (TPSA) is 74.6 Å². The van der Waals surface area contributed by atoms with Gasteiger partial charge in [-0.05, 0) is 48.6 Å². The number of carbonyl (C=O) groups excluding carboxylic acids is 2. The molecule has 0 atom stereocenters. The van der Waals surface area contributed by atoms with Crippen molar-refractivity contribution < 1.29 is 24.2 Å². The highest BCUT2D eigenvalue weighted by molar-refractivity contribution is 6.37. The summed E-state index contributed by atoms with van der Waals surface area (Å²) in [7, 11) is 0. The minimum Gasteiger partial charge on any atom is -0.508 e. The van der Waals surface area contributed by atoms with Crippen LogP contribution in [-0.4, -0.2) is 21.8 Å². The number of aromatic hydroxyl groups is 2. The van der Waals surface area contributed by atoms with Gasteiger partial charge in [0.1, 0.15) is 17.3 Å². The smallest absolute Gasteiger partial charge is 0.190 e. The van der Waals surface area contributed by atoms with Gasteiger partial charge in [0.2, 0.25) is 0 Å². The number of ketones is 2. The summed E-state index contributed by atoms with van der Waals surface area (Å²) in [5.74, 6) is -1.22. The Bertz CT molecular complexity index is 702. The number of allylic oxidation sites excluding steroid dienone is 2. The maximum Gasteiger partial charge on any atom is 0.190 e. The lowest BCUT2D eigenvalue weighted by molar-refractivity contribution is 0.0992. The van der Waals surface area contributed by atoms with Gasteiger partial charge in [0.25, 0.3) is 0 Å². The van der Waals surface area contributed by atoms with Gasteiger partial charge in [-0.1, -0.05) is 11.6 Å². The molecule has 0 spiro atoms. The molecule has 0 saturated carbocycles. The molecular formula is C16H10ClFO4. The van der Waals surface area contributed by atoms with Gasteiger partial charge in [0.05, 0.1) is 16.1 Å². The minimum absolute atomic E-state index is 0.00926. The average molecular weight is 321 g/mol. The number of benzene rings is 2. The number of carbonyl (C=O) groups is 2. The molecule has 1 aliphatic rings. The van der Waals surface area contributed by atoms with Crippen molar-refractivity contribution >= 4 is 23.2 Å². The van der Waals surface area contributed by atoms with Crippen molar-refractivity contribution in [1.29, 1.82) is 0 Å². The zero-order valence-electron chi connectivity index (χ0n) is 11.1. The Kier molecular flexibility index (Phi) is 4.58. The van der Waals surface area contributed by atoms with Crippen molar-refractivity contribution in [3.05, 3.63) is 70.5 Å². The minimum atomic E-state index is -0.403. The fourth-order valence-electron chi connectivity index (χ4n) is 1.82. The van der Waals surface area contributed by atoms with Gasteiger partial charge in [-0.15, -0.1) is 0 Å². The third kappa shape index (κ3) is 3.32. The Labute approximate surface area is 130 Å². The van der Waals surface area contributed by atoms with Crippen molar-refractivity contribution in [3.8, 4) is 11.5 Å². The quantitative estimate of drug-likeness (QED) is 0.779. The maximum atomic E-state index is 12.0. The molecule has 0 radical (unpaired) electrons. The molecule has 4 nitrogen and oxygen atoms in total. The first kappa shape index (κ1) is 15.7. The first-order valence-corrected chi connectivity index (χ1v) is 6.50. The Morgan fingerprint density at radius 1 is 0.818 bits per heavy atom. The van der Waals surface area contributed by atoms with Crippen LogP contribution in [0.2, 0.25) is 5.02 Å². The van der Waals surface area contributed by atoms with Gasteiger partial charge in [-0.25, -0.2) is 4.39 Å². The number of hydrogen-bond donors (Lipinski definition) is 2. The third-order valence-electron chi connectivity index (χ3n) is 2.84. The number of rotatable bonds is 0. The molecule has 112 valence electrons. The normalized spacial score (nSPS) is 12.5. The molecule has 0 aromatic heterocycles. The van der Waals surface area contributed by atoms with Crippen LogP contribution in [0.15, 0.2) is 48.6 Å². The fourth-order valence-corrected chi connectivity index (χ4v) is 2.07. The van der Waals surface area contributed by atoms with E-state index in [0.29, 0.717) is 0 Å². The van der Waals surface area contributed by atoms with E-state index < -0.39 is 5.78 Å². The molecule has 0 saturated heterocycles. The van der Waals surface area contributed by atoms with E-state index in [0.717, 1.165) is 12.2 Å². The number of halogens is 2. The highest BCUT2D eigenvalue weighted by Gasteiger charge is 2.24. The van der Waals surface area contributed by atoms with Gasteiger partial charge in [0, 0.05) is 0 Å². The second kappa shape index (κ2) is 6.41. The van der Waals surface area contributed by atoms with Crippen LogP contribution >= 0.6 is 11.6 Å². The van der Waals surface area contributed by atoms with Gasteiger partial charge in [-0.3, -0.25) is 9.59 Å². The lowest BCUT2D eigenvalue weighted by atomic mass is 9.94. The lowest BCUT2D eigenvalue weighted by Crippen LogP contribution is -2.12. The summed E-state index contributed by atoms with van der Waals surface area (Å²) in [6.45, 7) is 0. The van der Waals surface area contributed by atoms with Crippen molar-refractivity contribution in [1.82, 2.24) is 0 Å². The largest absolute Gasteiger partial charge is 0.508 e. The number of phenols is 2. The first-order chi connectivity index (χ1) is 10.4. The molecule has 0 amide bonds. The Hall–Kier alpha value is -2.66. The van der Waals surface area contributed by atoms with Crippen LogP contribution in [0.25, 0.3) is 0 Å². The molecule has 1 aliphatic carbocycles. The summed E-state index contributed by atoms with van der Waals surface area (Å²) in [5, 5.41) is 18.2. The molecule has 3 rings (SSSR count). The van der Waals surface area contributed by atoms with Crippen LogP contribution in [-0.2, 0) is 0 Å². The van der Waals surface area contributed by atoms with E-state index in [1.54, 1.807) is 0 Å². The molecule has 0 fully saturated rings. The van der Waals surface area contributed by atoms with E-state index in [4.69, 9.17) is 16.7 Å².